The van der Waals surface area contributed by atoms with E-state index in [4.69, 9.17) is 10.2 Å². The number of carbonyl (C=O) groups is 2. The Bertz CT molecular complexity index is 212. The van der Waals surface area contributed by atoms with Gasteiger partial charge in [-0.1, -0.05) is 66.5 Å². The summed E-state index contributed by atoms with van der Waals surface area (Å²) in [4.78, 5) is 19.2. The van der Waals surface area contributed by atoms with Crippen LogP contribution in [-0.2, 0) is 9.59 Å². The average Bonchev–Trinajstić information content (AvgIpc) is 2.39. The smallest absolute Gasteiger partial charge is 0.330 e. The third-order valence-corrected chi connectivity index (χ3v) is 1.73. The molecule has 0 aromatic heterocycles. The molecule has 0 heterocycles. The SMILES string of the molecule is C=C(C)C(=O)O.C=C(C)C(=O)O.CCCC.CCCC. The lowest BCUT2D eigenvalue weighted by molar-refractivity contribution is -0.133. The van der Waals surface area contributed by atoms with Gasteiger partial charge in [-0.2, -0.15) is 0 Å². The zero-order chi connectivity index (χ0) is 17.1. The Kier molecular flexibility index (Phi) is 30.4. The highest BCUT2D eigenvalue weighted by Crippen LogP contribution is 1.81. The first-order valence-corrected chi connectivity index (χ1v) is 6.89. The number of aliphatic carboxylic acids is 2. The summed E-state index contributed by atoms with van der Waals surface area (Å²) >= 11 is 0. The molecule has 0 unspecified atom stereocenters. The number of rotatable bonds is 4. The van der Waals surface area contributed by atoms with Crippen LogP contribution >= 0.6 is 0 Å². The molecule has 0 rings (SSSR count). The fourth-order valence-corrected chi connectivity index (χ4v) is 0. The van der Waals surface area contributed by atoms with Gasteiger partial charge in [0.25, 0.3) is 0 Å². The van der Waals surface area contributed by atoms with Gasteiger partial charge in [0.15, 0.2) is 0 Å². The fourth-order valence-electron chi connectivity index (χ4n) is 0. The van der Waals surface area contributed by atoms with Crippen molar-refractivity contribution in [1.29, 1.82) is 0 Å². The molecule has 0 aliphatic heterocycles. The molecule has 20 heavy (non-hydrogen) atoms. The van der Waals surface area contributed by atoms with Crippen LogP contribution in [0.25, 0.3) is 0 Å². The van der Waals surface area contributed by atoms with Gasteiger partial charge in [0.2, 0.25) is 0 Å². The van der Waals surface area contributed by atoms with Crippen molar-refractivity contribution >= 4 is 11.9 Å². The number of hydrogen-bond acceptors (Lipinski definition) is 2. The highest BCUT2D eigenvalue weighted by Gasteiger charge is 1.90. The molecule has 0 amide bonds. The van der Waals surface area contributed by atoms with E-state index in [1.165, 1.54) is 39.5 Å². The molecular formula is C16H32O4. The minimum atomic E-state index is -0.935. The van der Waals surface area contributed by atoms with Crippen LogP contribution in [0.5, 0.6) is 0 Å². The van der Waals surface area contributed by atoms with Crippen molar-refractivity contribution in [2.75, 3.05) is 0 Å². The number of hydrogen-bond donors (Lipinski definition) is 2. The summed E-state index contributed by atoms with van der Waals surface area (Å²) < 4.78 is 0. The van der Waals surface area contributed by atoms with Gasteiger partial charge in [-0.3, -0.25) is 0 Å². The normalized spacial score (nSPS) is 7.50. The quantitative estimate of drug-likeness (QED) is 0.721. The van der Waals surface area contributed by atoms with Crippen molar-refractivity contribution in [3.63, 3.8) is 0 Å². The lowest BCUT2D eigenvalue weighted by Crippen LogP contribution is -1.92. The van der Waals surface area contributed by atoms with E-state index < -0.39 is 11.9 Å². The maximum Gasteiger partial charge on any atom is 0.330 e. The van der Waals surface area contributed by atoms with Crippen molar-refractivity contribution in [2.24, 2.45) is 0 Å². The summed E-state index contributed by atoms with van der Waals surface area (Å²) in [7, 11) is 0. The number of carboxylic acids is 2. The second kappa shape index (κ2) is 22.6. The third kappa shape index (κ3) is 55.1. The van der Waals surface area contributed by atoms with Crippen LogP contribution in [0.4, 0.5) is 0 Å². The van der Waals surface area contributed by atoms with Gasteiger partial charge in [0.1, 0.15) is 0 Å². The molecule has 0 atom stereocenters. The van der Waals surface area contributed by atoms with Gasteiger partial charge in [0.05, 0.1) is 0 Å². The molecule has 0 spiro atoms. The Hall–Kier alpha value is -1.58. The first-order valence-electron chi connectivity index (χ1n) is 6.89. The minimum Gasteiger partial charge on any atom is -0.478 e. The van der Waals surface area contributed by atoms with Crippen molar-refractivity contribution in [1.82, 2.24) is 0 Å². The number of carboxylic acid groups (broad SMARTS) is 2. The van der Waals surface area contributed by atoms with Crippen LogP contribution in [0.2, 0.25) is 0 Å². The highest BCUT2D eigenvalue weighted by atomic mass is 16.4. The van der Waals surface area contributed by atoms with Crippen molar-refractivity contribution in [2.45, 2.75) is 67.2 Å². The standard InChI is InChI=1S/2C4H6O2.2C4H10/c2*1-3(2)4(5)6;2*1-3-4-2/h2*1H2,2H3,(H,5,6);2*3-4H2,1-2H3. The van der Waals surface area contributed by atoms with Gasteiger partial charge in [-0.25, -0.2) is 9.59 Å². The monoisotopic (exact) mass is 288 g/mol. The van der Waals surface area contributed by atoms with E-state index in [2.05, 4.69) is 40.9 Å². The Morgan fingerprint density at radius 2 is 0.800 bits per heavy atom. The average molecular weight is 288 g/mol. The van der Waals surface area contributed by atoms with E-state index in [0.29, 0.717) is 0 Å². The van der Waals surface area contributed by atoms with E-state index >= 15 is 0 Å². The fraction of sp³-hybridized carbons (Fsp3) is 0.625. The molecular weight excluding hydrogens is 256 g/mol. The molecule has 0 aromatic rings. The minimum absolute atomic E-state index is 0.176. The molecule has 0 aliphatic rings. The van der Waals surface area contributed by atoms with Crippen molar-refractivity contribution in [3.8, 4) is 0 Å². The maximum atomic E-state index is 9.60. The second-order valence-electron chi connectivity index (χ2n) is 4.17. The lowest BCUT2D eigenvalue weighted by atomic mass is 10.4. The molecule has 120 valence electrons. The Balaban J connectivity index is -0.0000000871. The predicted octanol–water partition coefficient (Wildman–Crippen LogP) is 4.91. The highest BCUT2D eigenvalue weighted by molar-refractivity contribution is 5.85. The van der Waals surface area contributed by atoms with Gasteiger partial charge in [0, 0.05) is 11.1 Å². The van der Waals surface area contributed by atoms with Crippen LogP contribution in [-0.4, -0.2) is 22.2 Å². The molecule has 4 nitrogen and oxygen atoms in total. The van der Waals surface area contributed by atoms with Crippen molar-refractivity contribution < 1.29 is 19.8 Å². The zero-order valence-electron chi connectivity index (χ0n) is 14.0. The maximum absolute atomic E-state index is 9.60. The summed E-state index contributed by atoms with van der Waals surface area (Å²) in [5, 5.41) is 15.8. The lowest BCUT2D eigenvalue weighted by Gasteiger charge is -1.79. The molecule has 2 N–H and O–H groups in total. The summed E-state index contributed by atoms with van der Waals surface area (Å²) in [6.07, 6.45) is 5.28. The Morgan fingerprint density at radius 1 is 0.700 bits per heavy atom. The molecule has 0 saturated heterocycles. The largest absolute Gasteiger partial charge is 0.478 e. The summed E-state index contributed by atoms with van der Waals surface area (Å²) in [5.74, 6) is -1.87. The molecule has 4 heteroatoms. The summed E-state index contributed by atoms with van der Waals surface area (Å²) in [5.41, 5.74) is 0.352. The molecule has 0 aliphatic carbocycles. The van der Waals surface area contributed by atoms with Crippen LogP contribution < -0.4 is 0 Å². The van der Waals surface area contributed by atoms with Gasteiger partial charge in [-0.05, 0) is 13.8 Å². The van der Waals surface area contributed by atoms with E-state index in [9.17, 15) is 9.59 Å². The molecule has 0 aromatic carbocycles. The van der Waals surface area contributed by atoms with E-state index in [1.54, 1.807) is 0 Å². The van der Waals surface area contributed by atoms with Crippen LogP contribution in [0.15, 0.2) is 24.3 Å². The van der Waals surface area contributed by atoms with Gasteiger partial charge >= 0.3 is 11.9 Å². The summed E-state index contributed by atoms with van der Waals surface area (Å²) in [6, 6.07) is 0. The van der Waals surface area contributed by atoms with Crippen LogP contribution in [0, 0.1) is 0 Å². The first-order chi connectivity index (χ1) is 9.11. The number of unbranched alkanes of at least 4 members (excludes halogenated alkanes) is 2. The van der Waals surface area contributed by atoms with E-state index in [0.717, 1.165) is 0 Å². The topological polar surface area (TPSA) is 74.6 Å². The molecule has 0 saturated carbocycles. The van der Waals surface area contributed by atoms with Crippen molar-refractivity contribution in [3.05, 3.63) is 24.3 Å². The Morgan fingerprint density at radius 3 is 0.800 bits per heavy atom. The molecule has 0 fully saturated rings. The first kappa shape index (κ1) is 26.9. The Labute approximate surface area is 124 Å². The predicted molar refractivity (Wildman–Crippen MR) is 86.1 cm³/mol. The van der Waals surface area contributed by atoms with Crippen LogP contribution in [0.1, 0.15) is 67.2 Å². The zero-order valence-corrected chi connectivity index (χ0v) is 14.0. The molecule has 0 bridgehead atoms. The van der Waals surface area contributed by atoms with Gasteiger partial charge < -0.3 is 10.2 Å². The van der Waals surface area contributed by atoms with Crippen LogP contribution in [0.3, 0.4) is 0 Å². The van der Waals surface area contributed by atoms with E-state index in [1.807, 2.05) is 0 Å². The second-order valence-corrected chi connectivity index (χ2v) is 4.17. The third-order valence-electron chi connectivity index (χ3n) is 1.73. The van der Waals surface area contributed by atoms with E-state index in [-0.39, 0.29) is 11.1 Å². The molecule has 0 radical (unpaired) electrons. The van der Waals surface area contributed by atoms with Gasteiger partial charge in [-0.15, -0.1) is 0 Å². The summed E-state index contributed by atoms with van der Waals surface area (Å²) in [6.45, 7) is 17.9.